The van der Waals surface area contributed by atoms with Crippen LogP contribution < -0.4 is 10.1 Å². The van der Waals surface area contributed by atoms with E-state index in [2.05, 4.69) is 5.32 Å². The fourth-order valence-corrected chi connectivity index (χ4v) is 2.14. The maximum Gasteiger partial charge on any atom is 0.251 e. The molecule has 0 saturated carbocycles. The molecule has 0 aliphatic rings. The molecule has 0 bridgehead atoms. The molecule has 0 radical (unpaired) electrons. The molecule has 1 amide bonds. The Labute approximate surface area is 119 Å². The summed E-state index contributed by atoms with van der Waals surface area (Å²) in [6.45, 7) is 3.98. The van der Waals surface area contributed by atoms with Crippen LogP contribution in [0.25, 0.3) is 0 Å². The van der Waals surface area contributed by atoms with Gasteiger partial charge in [0.15, 0.2) is 0 Å². The van der Waals surface area contributed by atoms with Gasteiger partial charge in [0.05, 0.1) is 13.2 Å². The lowest BCUT2D eigenvalue weighted by molar-refractivity contribution is 0.0939. The third-order valence-electron chi connectivity index (χ3n) is 3.24. The lowest BCUT2D eigenvalue weighted by Crippen LogP contribution is -2.26. The van der Waals surface area contributed by atoms with E-state index in [4.69, 9.17) is 4.74 Å². The number of hydrogen-bond donors (Lipinski definition) is 1. The minimum absolute atomic E-state index is 0.0818. The van der Waals surface area contributed by atoms with Crippen LogP contribution in [0.3, 0.4) is 0 Å². The molecule has 2 aromatic carbocycles. The van der Waals surface area contributed by atoms with Gasteiger partial charge in [0.1, 0.15) is 5.75 Å². The standard InChI is InChI=1S/C17H19NO2/c1-12-9-10-16(20-3)15(11-12)13(2)18-17(19)14-7-5-4-6-8-14/h4-11,13H,1-3H3,(H,18,19). The molecule has 0 saturated heterocycles. The molecule has 1 unspecified atom stereocenters. The number of rotatable bonds is 4. The van der Waals surface area contributed by atoms with Gasteiger partial charge < -0.3 is 10.1 Å². The summed E-state index contributed by atoms with van der Waals surface area (Å²) in [7, 11) is 1.64. The molecule has 3 heteroatoms. The van der Waals surface area contributed by atoms with Gasteiger partial charge in [0, 0.05) is 11.1 Å². The number of hydrogen-bond acceptors (Lipinski definition) is 2. The number of methoxy groups -OCH3 is 1. The third kappa shape index (κ3) is 3.18. The van der Waals surface area contributed by atoms with Crippen LogP contribution in [0.5, 0.6) is 5.75 Å². The minimum Gasteiger partial charge on any atom is -0.496 e. The van der Waals surface area contributed by atoms with E-state index in [1.54, 1.807) is 19.2 Å². The Morgan fingerprint density at radius 2 is 1.85 bits per heavy atom. The predicted molar refractivity (Wildman–Crippen MR) is 80.1 cm³/mol. The zero-order valence-corrected chi connectivity index (χ0v) is 12.0. The van der Waals surface area contributed by atoms with Crippen molar-refractivity contribution in [2.75, 3.05) is 7.11 Å². The van der Waals surface area contributed by atoms with Gasteiger partial charge in [-0.05, 0) is 32.0 Å². The van der Waals surface area contributed by atoms with Crippen molar-refractivity contribution in [2.24, 2.45) is 0 Å². The number of carbonyl (C=O) groups excluding carboxylic acids is 1. The Kier molecular flexibility index (Phi) is 4.41. The molecule has 104 valence electrons. The quantitative estimate of drug-likeness (QED) is 0.922. The van der Waals surface area contributed by atoms with Gasteiger partial charge in [0.25, 0.3) is 5.91 Å². The van der Waals surface area contributed by atoms with Crippen molar-refractivity contribution in [3.8, 4) is 5.75 Å². The summed E-state index contributed by atoms with van der Waals surface area (Å²) < 4.78 is 5.36. The minimum atomic E-state index is -0.113. The van der Waals surface area contributed by atoms with Crippen LogP contribution in [0.1, 0.15) is 34.5 Å². The number of amides is 1. The largest absolute Gasteiger partial charge is 0.496 e. The van der Waals surface area contributed by atoms with Crippen molar-refractivity contribution in [2.45, 2.75) is 19.9 Å². The van der Waals surface area contributed by atoms with Gasteiger partial charge >= 0.3 is 0 Å². The van der Waals surface area contributed by atoms with Crippen LogP contribution in [0.15, 0.2) is 48.5 Å². The first-order valence-electron chi connectivity index (χ1n) is 6.62. The smallest absolute Gasteiger partial charge is 0.251 e. The van der Waals surface area contributed by atoms with Gasteiger partial charge in [-0.2, -0.15) is 0 Å². The summed E-state index contributed by atoms with van der Waals surface area (Å²) in [6, 6.07) is 15.0. The summed E-state index contributed by atoms with van der Waals surface area (Å²) in [5, 5.41) is 3.00. The lowest BCUT2D eigenvalue weighted by Gasteiger charge is -2.18. The lowest BCUT2D eigenvalue weighted by atomic mass is 10.0. The van der Waals surface area contributed by atoms with Crippen molar-refractivity contribution in [3.05, 3.63) is 65.2 Å². The summed E-state index contributed by atoms with van der Waals surface area (Å²) in [5.74, 6) is 0.707. The number of benzene rings is 2. The Bertz CT molecular complexity index is 593. The highest BCUT2D eigenvalue weighted by atomic mass is 16.5. The maximum atomic E-state index is 12.2. The van der Waals surface area contributed by atoms with E-state index in [1.165, 1.54) is 0 Å². The van der Waals surface area contributed by atoms with E-state index >= 15 is 0 Å². The van der Waals surface area contributed by atoms with Crippen LogP contribution in [-0.4, -0.2) is 13.0 Å². The molecule has 0 aliphatic carbocycles. The van der Waals surface area contributed by atoms with Gasteiger partial charge in [-0.1, -0.05) is 35.9 Å². The van der Waals surface area contributed by atoms with E-state index in [-0.39, 0.29) is 11.9 Å². The van der Waals surface area contributed by atoms with E-state index in [9.17, 15) is 4.79 Å². The van der Waals surface area contributed by atoms with Crippen LogP contribution in [0.2, 0.25) is 0 Å². The SMILES string of the molecule is COc1ccc(C)cc1C(C)NC(=O)c1ccccc1. The Hall–Kier alpha value is -2.29. The van der Waals surface area contributed by atoms with Crippen LogP contribution >= 0.6 is 0 Å². The van der Waals surface area contributed by atoms with Crippen molar-refractivity contribution in [1.82, 2.24) is 5.32 Å². The van der Waals surface area contributed by atoms with Crippen molar-refractivity contribution in [1.29, 1.82) is 0 Å². The molecule has 0 heterocycles. The van der Waals surface area contributed by atoms with E-state index in [0.717, 1.165) is 16.9 Å². The second-order valence-electron chi connectivity index (χ2n) is 4.81. The van der Waals surface area contributed by atoms with E-state index in [1.807, 2.05) is 50.2 Å². The average molecular weight is 269 g/mol. The summed E-state index contributed by atoms with van der Waals surface area (Å²) in [5.41, 5.74) is 2.78. The molecule has 20 heavy (non-hydrogen) atoms. The van der Waals surface area contributed by atoms with Gasteiger partial charge in [0.2, 0.25) is 0 Å². The van der Waals surface area contributed by atoms with Crippen LogP contribution in [0.4, 0.5) is 0 Å². The normalized spacial score (nSPS) is 11.8. The van der Waals surface area contributed by atoms with Crippen LogP contribution in [-0.2, 0) is 0 Å². The molecule has 3 nitrogen and oxygen atoms in total. The Morgan fingerprint density at radius 1 is 1.15 bits per heavy atom. The highest BCUT2D eigenvalue weighted by molar-refractivity contribution is 5.94. The van der Waals surface area contributed by atoms with Gasteiger partial charge in [-0.3, -0.25) is 4.79 Å². The molecule has 2 rings (SSSR count). The van der Waals surface area contributed by atoms with Crippen molar-refractivity contribution < 1.29 is 9.53 Å². The Morgan fingerprint density at radius 3 is 2.50 bits per heavy atom. The zero-order valence-electron chi connectivity index (χ0n) is 12.0. The molecule has 2 aromatic rings. The molecule has 0 aromatic heterocycles. The highest BCUT2D eigenvalue weighted by Crippen LogP contribution is 2.26. The Balaban J connectivity index is 2.18. The molecular weight excluding hydrogens is 250 g/mol. The predicted octanol–water partition coefficient (Wildman–Crippen LogP) is 3.49. The molecule has 0 aliphatic heterocycles. The highest BCUT2D eigenvalue weighted by Gasteiger charge is 2.15. The second-order valence-corrected chi connectivity index (χ2v) is 4.81. The zero-order chi connectivity index (χ0) is 14.5. The number of ether oxygens (including phenoxy) is 1. The summed E-state index contributed by atoms with van der Waals surface area (Å²) >= 11 is 0. The molecule has 0 spiro atoms. The van der Waals surface area contributed by atoms with E-state index < -0.39 is 0 Å². The van der Waals surface area contributed by atoms with Crippen molar-refractivity contribution in [3.63, 3.8) is 0 Å². The average Bonchev–Trinajstić information content (AvgIpc) is 2.48. The topological polar surface area (TPSA) is 38.3 Å². The second kappa shape index (κ2) is 6.24. The number of nitrogens with one attached hydrogen (secondary N) is 1. The van der Waals surface area contributed by atoms with Gasteiger partial charge in [-0.15, -0.1) is 0 Å². The maximum absolute atomic E-state index is 12.2. The fourth-order valence-electron chi connectivity index (χ4n) is 2.14. The van der Waals surface area contributed by atoms with E-state index in [0.29, 0.717) is 5.56 Å². The summed E-state index contributed by atoms with van der Waals surface area (Å²) in [4.78, 5) is 12.2. The third-order valence-corrected chi connectivity index (χ3v) is 3.24. The van der Waals surface area contributed by atoms with Crippen LogP contribution in [0, 0.1) is 6.92 Å². The van der Waals surface area contributed by atoms with Crippen molar-refractivity contribution >= 4 is 5.91 Å². The monoisotopic (exact) mass is 269 g/mol. The first-order chi connectivity index (χ1) is 9.61. The first-order valence-corrected chi connectivity index (χ1v) is 6.62. The van der Waals surface area contributed by atoms with Gasteiger partial charge in [-0.25, -0.2) is 0 Å². The summed E-state index contributed by atoms with van der Waals surface area (Å²) in [6.07, 6.45) is 0. The first kappa shape index (κ1) is 14.1. The molecule has 0 fully saturated rings. The molecule has 1 atom stereocenters. The fraction of sp³-hybridized carbons (Fsp3) is 0.235. The number of aryl methyl sites for hydroxylation is 1. The molecular formula is C17H19NO2. The molecule has 1 N–H and O–H groups in total. The number of carbonyl (C=O) groups is 1.